The smallest absolute Gasteiger partial charge is 0.256 e. The number of pyridine rings is 2. The van der Waals surface area contributed by atoms with Crippen LogP contribution in [-0.4, -0.2) is 22.7 Å². The van der Waals surface area contributed by atoms with Crippen molar-refractivity contribution in [2.24, 2.45) is 0 Å². The molecule has 4 aromatic rings. The van der Waals surface area contributed by atoms with E-state index in [0.29, 0.717) is 28.4 Å². The van der Waals surface area contributed by atoms with Crippen molar-refractivity contribution in [1.29, 1.82) is 0 Å². The minimum atomic E-state index is -0.214. The van der Waals surface area contributed by atoms with E-state index in [9.17, 15) is 4.79 Å². The van der Waals surface area contributed by atoms with Crippen molar-refractivity contribution in [3.05, 3.63) is 78.6 Å². The Hall–Kier alpha value is -3.93. The number of aromatic nitrogens is 2. The van der Waals surface area contributed by atoms with Gasteiger partial charge >= 0.3 is 0 Å². The van der Waals surface area contributed by atoms with Crippen LogP contribution in [0.1, 0.15) is 10.4 Å². The van der Waals surface area contributed by atoms with Crippen molar-refractivity contribution in [2.75, 3.05) is 12.1 Å². The van der Waals surface area contributed by atoms with Gasteiger partial charge in [-0.1, -0.05) is 18.2 Å². The van der Waals surface area contributed by atoms with Crippen LogP contribution in [0.4, 0.5) is 5.69 Å². The van der Waals surface area contributed by atoms with E-state index in [2.05, 4.69) is 10.3 Å². The van der Waals surface area contributed by atoms with E-state index in [1.54, 1.807) is 30.6 Å². The van der Waals surface area contributed by atoms with Crippen molar-refractivity contribution >= 4 is 22.5 Å². The predicted molar refractivity (Wildman–Crippen MR) is 105 cm³/mol. The Balaban J connectivity index is 1.61. The number of ether oxygens (including phenoxy) is 2. The van der Waals surface area contributed by atoms with Crippen LogP contribution in [0, 0.1) is 0 Å². The highest BCUT2D eigenvalue weighted by molar-refractivity contribution is 6.13. The topological polar surface area (TPSA) is 73.3 Å². The monoisotopic (exact) mass is 369 g/mol. The second kappa shape index (κ2) is 6.66. The Labute approximate surface area is 160 Å². The van der Waals surface area contributed by atoms with Gasteiger partial charge in [0, 0.05) is 17.1 Å². The van der Waals surface area contributed by atoms with Crippen molar-refractivity contribution in [2.45, 2.75) is 0 Å². The summed E-state index contributed by atoms with van der Waals surface area (Å²) in [5.74, 6) is 1.17. The van der Waals surface area contributed by atoms with Gasteiger partial charge in [-0.3, -0.25) is 9.78 Å². The maximum Gasteiger partial charge on any atom is 0.256 e. The summed E-state index contributed by atoms with van der Waals surface area (Å²) >= 11 is 0. The van der Waals surface area contributed by atoms with Crippen molar-refractivity contribution in [3.8, 4) is 22.8 Å². The molecule has 0 atom stereocenters. The largest absolute Gasteiger partial charge is 0.454 e. The standard InChI is InChI=1S/C22H15N3O3/c26-22(24-15-4-3-9-23-12-15)17-11-19(25-18-6-2-1-5-16(17)18)14-7-8-20-21(10-14)28-13-27-20/h1-12H,13H2,(H,24,26). The van der Waals surface area contributed by atoms with Crippen LogP contribution in [0.25, 0.3) is 22.2 Å². The molecule has 6 heteroatoms. The number of amides is 1. The highest BCUT2D eigenvalue weighted by Crippen LogP contribution is 2.36. The van der Waals surface area contributed by atoms with E-state index in [4.69, 9.17) is 14.5 Å². The Morgan fingerprint density at radius 2 is 1.86 bits per heavy atom. The second-order valence-corrected chi connectivity index (χ2v) is 6.34. The lowest BCUT2D eigenvalue weighted by Gasteiger charge is -2.11. The van der Waals surface area contributed by atoms with Gasteiger partial charge in [-0.15, -0.1) is 0 Å². The van der Waals surface area contributed by atoms with E-state index >= 15 is 0 Å². The zero-order valence-electron chi connectivity index (χ0n) is 14.8. The molecule has 1 aliphatic heterocycles. The third-order valence-electron chi connectivity index (χ3n) is 4.55. The van der Waals surface area contributed by atoms with E-state index in [-0.39, 0.29) is 12.7 Å². The second-order valence-electron chi connectivity index (χ2n) is 6.34. The van der Waals surface area contributed by atoms with Crippen LogP contribution in [0.5, 0.6) is 11.5 Å². The Bertz CT molecular complexity index is 1190. The fourth-order valence-corrected chi connectivity index (χ4v) is 3.20. The number of para-hydroxylation sites is 1. The van der Waals surface area contributed by atoms with Crippen LogP contribution in [-0.2, 0) is 0 Å². The summed E-state index contributed by atoms with van der Waals surface area (Å²) < 4.78 is 10.8. The third-order valence-corrected chi connectivity index (χ3v) is 4.55. The molecule has 0 spiro atoms. The molecular formula is C22H15N3O3. The molecule has 0 bridgehead atoms. The van der Waals surface area contributed by atoms with Crippen molar-refractivity contribution < 1.29 is 14.3 Å². The van der Waals surface area contributed by atoms with Crippen LogP contribution in [0.3, 0.4) is 0 Å². The predicted octanol–water partition coefficient (Wildman–Crippen LogP) is 4.28. The van der Waals surface area contributed by atoms with Gasteiger partial charge in [0.15, 0.2) is 11.5 Å². The summed E-state index contributed by atoms with van der Waals surface area (Å²) in [4.78, 5) is 21.8. The molecule has 3 heterocycles. The lowest BCUT2D eigenvalue weighted by molar-refractivity contribution is 0.102. The zero-order chi connectivity index (χ0) is 18.9. The normalized spacial score (nSPS) is 12.1. The van der Waals surface area contributed by atoms with Gasteiger partial charge in [0.05, 0.1) is 28.7 Å². The molecule has 1 N–H and O–H groups in total. The van der Waals surface area contributed by atoms with Crippen molar-refractivity contribution in [1.82, 2.24) is 9.97 Å². The highest BCUT2D eigenvalue weighted by Gasteiger charge is 2.17. The first-order valence-electron chi connectivity index (χ1n) is 8.79. The number of fused-ring (bicyclic) bond motifs is 2. The van der Waals surface area contributed by atoms with E-state index in [1.165, 1.54) is 0 Å². The highest BCUT2D eigenvalue weighted by atomic mass is 16.7. The zero-order valence-corrected chi connectivity index (χ0v) is 14.8. The molecule has 0 saturated carbocycles. The molecule has 28 heavy (non-hydrogen) atoms. The minimum absolute atomic E-state index is 0.211. The Morgan fingerprint density at radius 1 is 0.964 bits per heavy atom. The van der Waals surface area contributed by atoms with Gasteiger partial charge < -0.3 is 14.8 Å². The van der Waals surface area contributed by atoms with Gasteiger partial charge in [-0.2, -0.15) is 0 Å². The first-order valence-corrected chi connectivity index (χ1v) is 8.79. The van der Waals surface area contributed by atoms with Crippen LogP contribution in [0.15, 0.2) is 73.1 Å². The maximum absolute atomic E-state index is 13.0. The van der Waals surface area contributed by atoms with Gasteiger partial charge in [0.25, 0.3) is 5.91 Å². The molecule has 5 rings (SSSR count). The molecule has 0 radical (unpaired) electrons. The van der Waals surface area contributed by atoms with Crippen LogP contribution >= 0.6 is 0 Å². The quantitative estimate of drug-likeness (QED) is 0.584. The number of nitrogens with one attached hydrogen (secondary N) is 1. The molecule has 6 nitrogen and oxygen atoms in total. The van der Waals surface area contributed by atoms with Crippen molar-refractivity contribution in [3.63, 3.8) is 0 Å². The van der Waals surface area contributed by atoms with Gasteiger partial charge in [0.1, 0.15) is 0 Å². The number of benzene rings is 2. The number of rotatable bonds is 3. The molecular weight excluding hydrogens is 354 g/mol. The number of carbonyl (C=O) groups is 1. The fourth-order valence-electron chi connectivity index (χ4n) is 3.20. The number of carbonyl (C=O) groups excluding carboxylic acids is 1. The summed E-state index contributed by atoms with van der Waals surface area (Å²) in [5, 5.41) is 3.68. The summed E-state index contributed by atoms with van der Waals surface area (Å²) in [7, 11) is 0. The average molecular weight is 369 g/mol. The summed E-state index contributed by atoms with van der Waals surface area (Å²) in [6.07, 6.45) is 3.27. The summed E-state index contributed by atoms with van der Waals surface area (Å²) in [5.41, 5.74) is 3.47. The van der Waals surface area contributed by atoms with Gasteiger partial charge in [-0.25, -0.2) is 4.98 Å². The molecule has 1 aliphatic rings. The molecule has 0 saturated heterocycles. The van der Waals surface area contributed by atoms with Crippen LogP contribution in [0.2, 0.25) is 0 Å². The summed E-state index contributed by atoms with van der Waals surface area (Å²) in [6, 6.07) is 18.6. The molecule has 2 aromatic carbocycles. The average Bonchev–Trinajstić information content (AvgIpc) is 3.21. The molecule has 2 aromatic heterocycles. The molecule has 1 amide bonds. The van der Waals surface area contributed by atoms with E-state index < -0.39 is 0 Å². The summed E-state index contributed by atoms with van der Waals surface area (Å²) in [6.45, 7) is 0.211. The SMILES string of the molecule is O=C(Nc1cccnc1)c1cc(-c2ccc3c(c2)OCO3)nc2ccccc12. The van der Waals surface area contributed by atoms with E-state index in [1.807, 2.05) is 42.5 Å². The molecule has 0 aliphatic carbocycles. The number of anilines is 1. The Morgan fingerprint density at radius 3 is 2.75 bits per heavy atom. The third kappa shape index (κ3) is 2.91. The molecule has 136 valence electrons. The molecule has 0 fully saturated rings. The molecule has 0 unspecified atom stereocenters. The number of nitrogens with zero attached hydrogens (tertiary/aromatic N) is 2. The van der Waals surface area contributed by atoms with Gasteiger partial charge in [0.2, 0.25) is 6.79 Å². The van der Waals surface area contributed by atoms with Crippen LogP contribution < -0.4 is 14.8 Å². The lowest BCUT2D eigenvalue weighted by atomic mass is 10.0. The number of hydrogen-bond donors (Lipinski definition) is 1. The number of hydrogen-bond acceptors (Lipinski definition) is 5. The minimum Gasteiger partial charge on any atom is -0.454 e. The Kier molecular flexibility index (Phi) is 3.87. The first-order chi connectivity index (χ1) is 13.8. The van der Waals surface area contributed by atoms with Gasteiger partial charge in [-0.05, 0) is 42.5 Å². The van der Waals surface area contributed by atoms with E-state index in [0.717, 1.165) is 16.5 Å². The maximum atomic E-state index is 13.0. The first kappa shape index (κ1) is 16.3. The fraction of sp³-hybridized carbons (Fsp3) is 0.0455. The lowest BCUT2D eigenvalue weighted by Crippen LogP contribution is -2.13.